The molecule has 1 aromatic heterocycles. The van der Waals surface area contributed by atoms with Crippen LogP contribution in [0.15, 0.2) is 34.8 Å². The van der Waals surface area contributed by atoms with E-state index in [9.17, 15) is 4.39 Å². The molecule has 0 atom stereocenters. The van der Waals surface area contributed by atoms with E-state index in [0.29, 0.717) is 16.1 Å². The number of hydrogen-bond donors (Lipinski definition) is 3. The summed E-state index contributed by atoms with van der Waals surface area (Å²) in [6.07, 6.45) is 0. The SMILES string of the molecule is Cc1cc(F)c(Br)cc1Nc1nc2ccc(N)cc2[nH]1. The molecule has 0 amide bonds. The Kier molecular flexibility index (Phi) is 3.10. The van der Waals surface area contributed by atoms with Crippen molar-refractivity contribution >= 4 is 44.3 Å². The lowest BCUT2D eigenvalue weighted by Gasteiger charge is -2.08. The van der Waals surface area contributed by atoms with Crippen LogP contribution in [-0.2, 0) is 0 Å². The van der Waals surface area contributed by atoms with Crippen molar-refractivity contribution in [2.24, 2.45) is 0 Å². The number of anilines is 3. The number of imidazole rings is 1. The second-order valence-electron chi connectivity index (χ2n) is 4.57. The predicted octanol–water partition coefficient (Wildman–Crippen LogP) is 4.10. The Labute approximate surface area is 123 Å². The number of nitrogens with zero attached hydrogens (tertiary/aromatic N) is 1. The number of aromatic amines is 1. The van der Waals surface area contributed by atoms with Gasteiger partial charge in [-0.05, 0) is 58.7 Å². The Bertz CT molecular complexity index is 797. The van der Waals surface area contributed by atoms with Gasteiger partial charge in [0.25, 0.3) is 0 Å². The van der Waals surface area contributed by atoms with Gasteiger partial charge in [0.05, 0.1) is 15.5 Å². The third-order valence-electron chi connectivity index (χ3n) is 3.03. The molecule has 0 aliphatic rings. The van der Waals surface area contributed by atoms with E-state index in [2.05, 4.69) is 31.2 Å². The molecule has 0 bridgehead atoms. The van der Waals surface area contributed by atoms with Gasteiger partial charge in [0.1, 0.15) is 5.82 Å². The van der Waals surface area contributed by atoms with Gasteiger partial charge in [0.2, 0.25) is 5.95 Å². The van der Waals surface area contributed by atoms with Crippen LogP contribution in [0, 0.1) is 12.7 Å². The van der Waals surface area contributed by atoms with Gasteiger partial charge in [-0.3, -0.25) is 0 Å². The number of halogens is 2. The molecule has 2 aromatic carbocycles. The van der Waals surface area contributed by atoms with E-state index in [1.54, 1.807) is 12.1 Å². The minimum absolute atomic E-state index is 0.287. The van der Waals surface area contributed by atoms with E-state index in [1.165, 1.54) is 6.07 Å². The van der Waals surface area contributed by atoms with E-state index < -0.39 is 0 Å². The van der Waals surface area contributed by atoms with Crippen LogP contribution in [0.5, 0.6) is 0 Å². The number of H-pyrrole nitrogens is 1. The fourth-order valence-corrected chi connectivity index (χ4v) is 2.34. The summed E-state index contributed by atoms with van der Waals surface area (Å²) in [5, 5.41) is 3.14. The van der Waals surface area contributed by atoms with Crippen LogP contribution in [0.1, 0.15) is 5.56 Å². The van der Waals surface area contributed by atoms with E-state index in [4.69, 9.17) is 5.73 Å². The lowest BCUT2D eigenvalue weighted by Crippen LogP contribution is -1.96. The average molecular weight is 335 g/mol. The summed E-state index contributed by atoms with van der Waals surface area (Å²) in [7, 11) is 0. The van der Waals surface area contributed by atoms with E-state index >= 15 is 0 Å². The summed E-state index contributed by atoms with van der Waals surface area (Å²) < 4.78 is 13.8. The molecule has 0 radical (unpaired) electrons. The molecule has 0 saturated carbocycles. The molecule has 102 valence electrons. The molecular weight excluding hydrogens is 323 g/mol. The molecule has 1 heterocycles. The van der Waals surface area contributed by atoms with Crippen molar-refractivity contribution < 1.29 is 4.39 Å². The topological polar surface area (TPSA) is 66.7 Å². The summed E-state index contributed by atoms with van der Waals surface area (Å²) in [5.74, 6) is 0.303. The van der Waals surface area contributed by atoms with Gasteiger partial charge in [0, 0.05) is 11.4 Å². The molecule has 0 aliphatic carbocycles. The highest BCUT2D eigenvalue weighted by molar-refractivity contribution is 9.10. The van der Waals surface area contributed by atoms with Crippen LogP contribution >= 0.6 is 15.9 Å². The third-order valence-corrected chi connectivity index (χ3v) is 3.63. The molecular formula is C14H12BrFN4. The highest BCUT2D eigenvalue weighted by Gasteiger charge is 2.08. The lowest BCUT2D eigenvalue weighted by molar-refractivity contribution is 0.620. The van der Waals surface area contributed by atoms with E-state index in [-0.39, 0.29) is 5.82 Å². The molecule has 0 spiro atoms. The van der Waals surface area contributed by atoms with E-state index in [1.807, 2.05) is 19.1 Å². The minimum Gasteiger partial charge on any atom is -0.399 e. The molecule has 0 aliphatic heterocycles. The van der Waals surface area contributed by atoms with E-state index in [0.717, 1.165) is 22.3 Å². The molecule has 3 rings (SSSR count). The largest absolute Gasteiger partial charge is 0.399 e. The summed E-state index contributed by atoms with van der Waals surface area (Å²) in [4.78, 5) is 7.55. The lowest BCUT2D eigenvalue weighted by atomic mass is 10.2. The first-order chi connectivity index (χ1) is 9.52. The highest BCUT2D eigenvalue weighted by Crippen LogP contribution is 2.27. The summed E-state index contributed by atoms with van der Waals surface area (Å²) in [6, 6.07) is 8.62. The first-order valence-electron chi connectivity index (χ1n) is 6.01. The molecule has 4 nitrogen and oxygen atoms in total. The van der Waals surface area contributed by atoms with Crippen LogP contribution in [-0.4, -0.2) is 9.97 Å². The zero-order chi connectivity index (χ0) is 14.3. The molecule has 3 aromatic rings. The van der Waals surface area contributed by atoms with Gasteiger partial charge in [-0.25, -0.2) is 9.37 Å². The third kappa shape index (κ3) is 2.34. The molecule has 0 saturated heterocycles. The summed E-state index contributed by atoms with van der Waals surface area (Å²) in [6.45, 7) is 1.83. The van der Waals surface area contributed by atoms with Crippen molar-refractivity contribution in [3.63, 3.8) is 0 Å². The normalized spacial score (nSPS) is 10.9. The number of nitrogens with one attached hydrogen (secondary N) is 2. The minimum atomic E-state index is -0.287. The first kappa shape index (κ1) is 12.9. The number of hydrogen-bond acceptors (Lipinski definition) is 3. The molecule has 4 N–H and O–H groups in total. The quantitative estimate of drug-likeness (QED) is 0.618. The fourth-order valence-electron chi connectivity index (χ4n) is 1.99. The fraction of sp³-hybridized carbons (Fsp3) is 0.0714. The van der Waals surface area contributed by atoms with Crippen molar-refractivity contribution in [2.75, 3.05) is 11.1 Å². The van der Waals surface area contributed by atoms with Gasteiger partial charge in [-0.1, -0.05) is 0 Å². The number of rotatable bonds is 2. The molecule has 0 unspecified atom stereocenters. The Hall–Kier alpha value is -2.08. The average Bonchev–Trinajstić information content (AvgIpc) is 2.77. The molecule has 0 fully saturated rings. The summed E-state index contributed by atoms with van der Waals surface area (Å²) >= 11 is 3.18. The Balaban J connectivity index is 1.99. The van der Waals surface area contributed by atoms with Crippen molar-refractivity contribution in [1.82, 2.24) is 9.97 Å². The van der Waals surface area contributed by atoms with Crippen LogP contribution in [0.3, 0.4) is 0 Å². The number of aromatic nitrogens is 2. The van der Waals surface area contributed by atoms with Crippen molar-refractivity contribution in [2.45, 2.75) is 6.92 Å². The standard InChI is InChI=1S/C14H12BrFN4/c1-7-4-10(16)9(15)6-12(7)19-14-18-11-3-2-8(17)5-13(11)20-14/h2-6H,17H2,1H3,(H2,18,19,20). The first-order valence-corrected chi connectivity index (χ1v) is 6.80. The van der Waals surface area contributed by atoms with Crippen molar-refractivity contribution in [3.8, 4) is 0 Å². The summed E-state index contributed by atoms with van der Waals surface area (Å²) in [5.41, 5.74) is 9.66. The Morgan fingerprint density at radius 3 is 2.90 bits per heavy atom. The second-order valence-corrected chi connectivity index (χ2v) is 5.42. The van der Waals surface area contributed by atoms with Crippen molar-refractivity contribution in [3.05, 3.63) is 46.2 Å². The number of benzene rings is 2. The monoisotopic (exact) mass is 334 g/mol. The maximum atomic E-state index is 13.4. The van der Waals surface area contributed by atoms with Crippen LogP contribution in [0.4, 0.5) is 21.7 Å². The second kappa shape index (κ2) is 4.79. The molecule has 20 heavy (non-hydrogen) atoms. The van der Waals surface area contributed by atoms with Crippen molar-refractivity contribution in [1.29, 1.82) is 0 Å². The maximum Gasteiger partial charge on any atom is 0.205 e. The maximum absolute atomic E-state index is 13.4. The molecule has 6 heteroatoms. The number of nitrogens with two attached hydrogens (primary N) is 1. The number of fused-ring (bicyclic) bond motifs is 1. The number of aryl methyl sites for hydroxylation is 1. The smallest absolute Gasteiger partial charge is 0.205 e. The number of nitrogen functional groups attached to an aromatic ring is 1. The zero-order valence-corrected chi connectivity index (χ0v) is 12.3. The van der Waals surface area contributed by atoms with Crippen LogP contribution < -0.4 is 11.1 Å². The zero-order valence-electron chi connectivity index (χ0n) is 10.7. The van der Waals surface area contributed by atoms with Gasteiger partial charge in [-0.15, -0.1) is 0 Å². The van der Waals surface area contributed by atoms with Gasteiger partial charge >= 0.3 is 0 Å². The predicted molar refractivity (Wildman–Crippen MR) is 82.6 cm³/mol. The van der Waals surface area contributed by atoms with Crippen LogP contribution in [0.25, 0.3) is 11.0 Å². The van der Waals surface area contributed by atoms with Gasteiger partial charge in [-0.2, -0.15) is 0 Å². The van der Waals surface area contributed by atoms with Gasteiger partial charge in [0.15, 0.2) is 0 Å². The highest BCUT2D eigenvalue weighted by atomic mass is 79.9. The van der Waals surface area contributed by atoms with Crippen LogP contribution in [0.2, 0.25) is 0 Å². The Morgan fingerprint density at radius 2 is 2.10 bits per heavy atom. The van der Waals surface area contributed by atoms with Gasteiger partial charge < -0.3 is 16.0 Å². The Morgan fingerprint density at radius 1 is 1.30 bits per heavy atom.